The molecule has 1 aliphatic carbocycles. The third-order valence-electron chi connectivity index (χ3n) is 5.51. The molecule has 2 heteroatoms. The minimum Gasteiger partial charge on any atom is -0.310 e. The second kappa shape index (κ2) is 5.13. The maximum Gasteiger partial charge on any atom is 0.0249 e. The second-order valence-corrected chi connectivity index (χ2v) is 7.62. The first kappa shape index (κ1) is 12.9. The van der Waals surface area contributed by atoms with Crippen LogP contribution in [0, 0.1) is 5.41 Å². The molecule has 3 fully saturated rings. The Morgan fingerprint density at radius 1 is 1.00 bits per heavy atom. The minimum atomic E-state index is 0.570. The second-order valence-electron chi connectivity index (χ2n) is 7.62. The number of piperidine rings is 1. The van der Waals surface area contributed by atoms with E-state index >= 15 is 0 Å². The highest BCUT2D eigenvalue weighted by Crippen LogP contribution is 2.36. The van der Waals surface area contributed by atoms with E-state index in [-0.39, 0.29) is 0 Å². The van der Waals surface area contributed by atoms with Crippen molar-refractivity contribution < 1.29 is 0 Å². The Balaban J connectivity index is 1.56. The summed E-state index contributed by atoms with van der Waals surface area (Å²) >= 11 is 0. The maximum absolute atomic E-state index is 4.03. The summed E-state index contributed by atoms with van der Waals surface area (Å²) in [5.74, 6) is 0. The van der Waals surface area contributed by atoms with Crippen LogP contribution in [0.25, 0.3) is 0 Å². The zero-order chi connectivity index (χ0) is 12.6. The summed E-state index contributed by atoms with van der Waals surface area (Å²) in [5, 5.41) is 4.03. The van der Waals surface area contributed by atoms with Gasteiger partial charge in [0.25, 0.3) is 0 Å². The van der Waals surface area contributed by atoms with Crippen LogP contribution < -0.4 is 5.32 Å². The third kappa shape index (κ3) is 2.75. The predicted octanol–water partition coefficient (Wildman–Crippen LogP) is 3.17. The van der Waals surface area contributed by atoms with E-state index in [4.69, 9.17) is 0 Å². The summed E-state index contributed by atoms with van der Waals surface area (Å²) in [7, 11) is 0. The van der Waals surface area contributed by atoms with Crippen LogP contribution in [-0.4, -0.2) is 36.1 Å². The molecule has 104 valence electrons. The molecule has 1 N–H and O–H groups in total. The first-order chi connectivity index (χ1) is 8.64. The van der Waals surface area contributed by atoms with Crippen molar-refractivity contribution in [3.63, 3.8) is 0 Å². The summed E-state index contributed by atoms with van der Waals surface area (Å²) < 4.78 is 0. The molecule has 0 aromatic heterocycles. The molecule has 0 aromatic carbocycles. The molecule has 0 spiro atoms. The third-order valence-corrected chi connectivity index (χ3v) is 5.51. The van der Waals surface area contributed by atoms with Crippen molar-refractivity contribution >= 4 is 0 Å². The lowest BCUT2D eigenvalue weighted by Gasteiger charge is -2.39. The largest absolute Gasteiger partial charge is 0.310 e. The molecule has 2 aliphatic heterocycles. The molecule has 18 heavy (non-hydrogen) atoms. The quantitative estimate of drug-likeness (QED) is 0.810. The fraction of sp³-hybridized carbons (Fsp3) is 1.00. The van der Waals surface area contributed by atoms with Crippen molar-refractivity contribution in [2.75, 3.05) is 13.1 Å². The summed E-state index contributed by atoms with van der Waals surface area (Å²) in [6.07, 6.45) is 11.4. The van der Waals surface area contributed by atoms with E-state index in [2.05, 4.69) is 24.1 Å². The van der Waals surface area contributed by atoms with Gasteiger partial charge in [-0.3, -0.25) is 4.90 Å². The lowest BCUT2D eigenvalue weighted by molar-refractivity contribution is 0.152. The summed E-state index contributed by atoms with van der Waals surface area (Å²) in [5.41, 5.74) is 0.570. The molecular formula is C16H30N2. The van der Waals surface area contributed by atoms with Gasteiger partial charge in [-0.1, -0.05) is 26.7 Å². The maximum atomic E-state index is 4.03. The Hall–Kier alpha value is -0.0800. The molecule has 0 bridgehead atoms. The van der Waals surface area contributed by atoms with E-state index in [1.54, 1.807) is 0 Å². The van der Waals surface area contributed by atoms with Crippen LogP contribution in [0.3, 0.4) is 0 Å². The lowest BCUT2D eigenvalue weighted by atomic mass is 9.75. The van der Waals surface area contributed by atoms with Gasteiger partial charge >= 0.3 is 0 Å². The van der Waals surface area contributed by atoms with Gasteiger partial charge in [0.1, 0.15) is 0 Å². The highest BCUT2D eigenvalue weighted by Gasteiger charge is 2.37. The standard InChI is InChI=1S/C16H30N2/c1-16(2)9-5-6-13(12-16)17-14-8-11-18-10-4-3-7-15(14)18/h13-15,17H,3-12H2,1-2H3. The predicted molar refractivity (Wildman–Crippen MR) is 76.8 cm³/mol. The van der Waals surface area contributed by atoms with Crippen molar-refractivity contribution in [1.29, 1.82) is 0 Å². The van der Waals surface area contributed by atoms with Crippen molar-refractivity contribution in [3.8, 4) is 0 Å². The zero-order valence-corrected chi connectivity index (χ0v) is 12.3. The Kier molecular flexibility index (Phi) is 3.68. The molecule has 0 aromatic rings. The van der Waals surface area contributed by atoms with E-state index in [0.717, 1.165) is 18.1 Å². The first-order valence-corrected chi connectivity index (χ1v) is 8.14. The van der Waals surface area contributed by atoms with Gasteiger partial charge in [-0.15, -0.1) is 0 Å². The van der Waals surface area contributed by atoms with Gasteiger partial charge in [-0.05, 0) is 50.5 Å². The number of hydrogen-bond donors (Lipinski definition) is 1. The lowest BCUT2D eigenvalue weighted by Crippen LogP contribution is -2.49. The van der Waals surface area contributed by atoms with Crippen LogP contribution in [0.1, 0.15) is 65.2 Å². The van der Waals surface area contributed by atoms with Crippen LogP contribution in [0.4, 0.5) is 0 Å². The molecule has 3 aliphatic rings. The highest BCUT2D eigenvalue weighted by atomic mass is 15.2. The monoisotopic (exact) mass is 250 g/mol. The fourth-order valence-corrected chi connectivity index (χ4v) is 4.58. The highest BCUT2D eigenvalue weighted by molar-refractivity contribution is 4.96. The number of nitrogens with one attached hydrogen (secondary N) is 1. The molecular weight excluding hydrogens is 220 g/mol. The molecule has 3 rings (SSSR count). The SMILES string of the molecule is CC1(C)CCCC(NC2CCN3CCCCC23)C1. The smallest absolute Gasteiger partial charge is 0.0249 e. The van der Waals surface area contributed by atoms with Crippen molar-refractivity contribution in [2.24, 2.45) is 5.41 Å². The molecule has 1 saturated carbocycles. The van der Waals surface area contributed by atoms with Gasteiger partial charge in [-0.2, -0.15) is 0 Å². The Bertz CT molecular complexity index is 287. The molecule has 0 radical (unpaired) electrons. The van der Waals surface area contributed by atoms with Gasteiger partial charge in [0.2, 0.25) is 0 Å². The Labute approximate surface area is 113 Å². The van der Waals surface area contributed by atoms with E-state index < -0.39 is 0 Å². The average Bonchev–Trinajstić information content (AvgIpc) is 2.72. The van der Waals surface area contributed by atoms with Gasteiger partial charge in [0, 0.05) is 24.7 Å². The summed E-state index contributed by atoms with van der Waals surface area (Å²) in [6.45, 7) is 7.60. The first-order valence-electron chi connectivity index (χ1n) is 8.14. The molecule has 3 atom stereocenters. The molecule has 2 heterocycles. The van der Waals surface area contributed by atoms with Gasteiger partial charge in [0.15, 0.2) is 0 Å². The number of hydrogen-bond acceptors (Lipinski definition) is 2. The summed E-state index contributed by atoms with van der Waals surface area (Å²) in [4.78, 5) is 2.75. The normalized spacial score (nSPS) is 40.7. The molecule has 2 nitrogen and oxygen atoms in total. The van der Waals surface area contributed by atoms with Crippen molar-refractivity contribution in [2.45, 2.75) is 83.3 Å². The van der Waals surface area contributed by atoms with Gasteiger partial charge < -0.3 is 5.32 Å². The van der Waals surface area contributed by atoms with Crippen LogP contribution >= 0.6 is 0 Å². The minimum absolute atomic E-state index is 0.570. The van der Waals surface area contributed by atoms with E-state index in [9.17, 15) is 0 Å². The zero-order valence-electron chi connectivity index (χ0n) is 12.3. The van der Waals surface area contributed by atoms with Gasteiger partial charge in [-0.25, -0.2) is 0 Å². The van der Waals surface area contributed by atoms with E-state index in [1.807, 2.05) is 0 Å². The van der Waals surface area contributed by atoms with Gasteiger partial charge in [0.05, 0.1) is 0 Å². The number of rotatable bonds is 2. The van der Waals surface area contributed by atoms with Crippen LogP contribution in [-0.2, 0) is 0 Å². The number of fused-ring (bicyclic) bond motifs is 1. The van der Waals surface area contributed by atoms with Crippen LogP contribution in [0.2, 0.25) is 0 Å². The van der Waals surface area contributed by atoms with Crippen LogP contribution in [0.5, 0.6) is 0 Å². The summed E-state index contributed by atoms with van der Waals surface area (Å²) in [6, 6.07) is 2.45. The molecule has 3 unspecified atom stereocenters. The molecule has 2 saturated heterocycles. The average molecular weight is 250 g/mol. The topological polar surface area (TPSA) is 15.3 Å². The number of nitrogens with zero attached hydrogens (tertiary/aromatic N) is 1. The van der Waals surface area contributed by atoms with E-state index in [1.165, 1.54) is 64.5 Å². The van der Waals surface area contributed by atoms with Crippen molar-refractivity contribution in [1.82, 2.24) is 10.2 Å². The fourth-order valence-electron chi connectivity index (χ4n) is 4.58. The Morgan fingerprint density at radius 2 is 1.89 bits per heavy atom. The Morgan fingerprint density at radius 3 is 2.72 bits per heavy atom. The molecule has 0 amide bonds. The van der Waals surface area contributed by atoms with E-state index in [0.29, 0.717) is 5.41 Å². The van der Waals surface area contributed by atoms with Crippen LogP contribution in [0.15, 0.2) is 0 Å². The van der Waals surface area contributed by atoms with Crippen molar-refractivity contribution in [3.05, 3.63) is 0 Å².